The molecule has 6 aromatic rings. The van der Waals surface area contributed by atoms with Gasteiger partial charge in [0.1, 0.15) is 11.4 Å². The number of rotatable bonds is 14. The zero-order valence-electron chi connectivity index (χ0n) is 31.3. The number of fused-ring (bicyclic) bond motifs is 3. The van der Waals surface area contributed by atoms with Crippen molar-refractivity contribution in [3.05, 3.63) is 138 Å². The van der Waals surface area contributed by atoms with Crippen molar-refractivity contribution < 1.29 is 0 Å². The van der Waals surface area contributed by atoms with Crippen LogP contribution in [0.25, 0.3) is 21.8 Å². The smallest absolute Gasteiger partial charge is 0.264 e. The van der Waals surface area contributed by atoms with Crippen LogP contribution < -0.4 is 16.4 Å². The molecular formula is C47H51N3O2. The van der Waals surface area contributed by atoms with Crippen LogP contribution in [-0.4, -0.2) is 15.8 Å². The van der Waals surface area contributed by atoms with Gasteiger partial charge in [0, 0.05) is 17.7 Å². The van der Waals surface area contributed by atoms with Crippen LogP contribution in [0.2, 0.25) is 0 Å². The number of nitrogens with zero attached hydrogens (tertiary/aromatic N) is 2. The fourth-order valence-electron chi connectivity index (χ4n) is 7.37. The highest BCUT2D eigenvalue weighted by molar-refractivity contribution is 5.96. The first-order chi connectivity index (χ1) is 25.4. The maximum Gasteiger partial charge on any atom is 0.264 e. The van der Waals surface area contributed by atoms with Crippen molar-refractivity contribution in [1.82, 2.24) is 14.1 Å². The Morgan fingerprint density at radius 2 is 0.981 bits per heavy atom. The molecule has 52 heavy (non-hydrogen) atoms. The Labute approximate surface area is 308 Å². The van der Waals surface area contributed by atoms with Gasteiger partial charge in [0.25, 0.3) is 11.1 Å². The van der Waals surface area contributed by atoms with E-state index < -0.39 is 0 Å². The molecule has 0 aliphatic carbocycles. The predicted molar refractivity (Wildman–Crippen MR) is 217 cm³/mol. The SMILES string of the molecule is CCCCCCCc1c2c(=O)n3c(C#Cc4ccc(CNC)cc4)ccc3c(CCCCCCC)c2c(=O)n2c(C#Cc3ccc(C)cc3)ccc12. The minimum atomic E-state index is -0.157. The van der Waals surface area contributed by atoms with Crippen LogP contribution in [0.1, 0.15) is 123 Å². The van der Waals surface area contributed by atoms with Crippen molar-refractivity contribution in [2.45, 2.75) is 104 Å². The largest absolute Gasteiger partial charge is 0.316 e. The lowest BCUT2D eigenvalue weighted by Crippen LogP contribution is -2.25. The Hall–Kier alpha value is -5.10. The van der Waals surface area contributed by atoms with Crippen LogP contribution in [-0.2, 0) is 19.4 Å². The van der Waals surface area contributed by atoms with Crippen LogP contribution in [0.5, 0.6) is 0 Å². The van der Waals surface area contributed by atoms with E-state index in [2.05, 4.69) is 61.9 Å². The molecule has 0 radical (unpaired) electrons. The van der Waals surface area contributed by atoms with E-state index in [0.717, 1.165) is 91.2 Å². The molecule has 0 spiro atoms. The Morgan fingerprint density at radius 3 is 1.42 bits per heavy atom. The lowest BCUT2D eigenvalue weighted by molar-refractivity contribution is 0.632. The van der Waals surface area contributed by atoms with E-state index in [9.17, 15) is 9.59 Å². The van der Waals surface area contributed by atoms with Gasteiger partial charge in [-0.3, -0.25) is 18.4 Å². The number of hydrogen-bond acceptors (Lipinski definition) is 3. The van der Waals surface area contributed by atoms with Gasteiger partial charge in [0.15, 0.2) is 0 Å². The first-order valence-electron chi connectivity index (χ1n) is 19.3. The third-order valence-electron chi connectivity index (χ3n) is 10.2. The lowest BCUT2D eigenvalue weighted by Gasteiger charge is -2.15. The van der Waals surface area contributed by atoms with E-state index in [0.29, 0.717) is 22.2 Å². The fourth-order valence-corrected chi connectivity index (χ4v) is 7.37. The molecule has 0 bridgehead atoms. The molecule has 0 amide bonds. The molecule has 0 fully saturated rings. The topological polar surface area (TPSA) is 55.0 Å². The van der Waals surface area contributed by atoms with Gasteiger partial charge in [-0.1, -0.05) is 107 Å². The van der Waals surface area contributed by atoms with E-state index >= 15 is 0 Å². The fraction of sp³-hybridized carbons (Fsp3) is 0.362. The summed E-state index contributed by atoms with van der Waals surface area (Å²) in [6.07, 6.45) is 12.5. The first-order valence-corrected chi connectivity index (χ1v) is 19.3. The van der Waals surface area contributed by atoms with Crippen molar-refractivity contribution in [3.63, 3.8) is 0 Å². The Bertz CT molecular complexity index is 2390. The molecule has 0 saturated carbocycles. The molecule has 5 heteroatoms. The van der Waals surface area contributed by atoms with Gasteiger partial charge in [0.05, 0.1) is 21.8 Å². The third kappa shape index (κ3) is 8.02. The molecular weight excluding hydrogens is 639 g/mol. The normalized spacial score (nSPS) is 11.2. The minimum Gasteiger partial charge on any atom is -0.316 e. The highest BCUT2D eigenvalue weighted by atomic mass is 16.1. The molecule has 0 unspecified atom stereocenters. The quantitative estimate of drug-likeness (QED) is 0.0916. The van der Waals surface area contributed by atoms with Crippen molar-refractivity contribution >= 4 is 21.8 Å². The second-order valence-electron chi connectivity index (χ2n) is 14.1. The summed E-state index contributed by atoms with van der Waals surface area (Å²) in [5.41, 5.74) is 8.60. The summed E-state index contributed by atoms with van der Waals surface area (Å²) in [4.78, 5) is 29.7. The van der Waals surface area contributed by atoms with Gasteiger partial charge in [-0.2, -0.15) is 0 Å². The summed E-state index contributed by atoms with van der Waals surface area (Å²) in [6.45, 7) is 7.30. The summed E-state index contributed by atoms with van der Waals surface area (Å²) in [5, 5.41) is 4.28. The van der Waals surface area contributed by atoms with Crippen LogP contribution in [0.4, 0.5) is 0 Å². The Kier molecular flexibility index (Phi) is 12.3. The summed E-state index contributed by atoms with van der Waals surface area (Å²) < 4.78 is 3.56. The molecule has 0 aliphatic rings. The summed E-state index contributed by atoms with van der Waals surface area (Å²) in [5.74, 6) is 13.2. The standard InChI is InChI=1S/C47H51N3O2/c1-5-7-9-11-13-15-40-42-31-29-38(27-25-35-19-17-34(3)18-20-35)49(42)46(51)44-41(16-14-12-10-8-6-2)43-32-30-39(50(43)47(52)45(40)44)28-26-36-21-23-37(24-22-36)33-48-4/h17-24,29-32,48H,5-16,33H2,1-4H3. The van der Waals surface area contributed by atoms with Gasteiger partial charge in [0.2, 0.25) is 0 Å². The molecule has 0 saturated heterocycles. The van der Waals surface area contributed by atoms with Crippen LogP contribution in [0.15, 0.2) is 82.4 Å². The molecule has 1 N–H and O–H groups in total. The number of unbranched alkanes of at least 4 members (excludes halogenated alkanes) is 8. The summed E-state index contributed by atoms with van der Waals surface area (Å²) >= 11 is 0. The van der Waals surface area contributed by atoms with Crippen LogP contribution in [0.3, 0.4) is 0 Å². The monoisotopic (exact) mass is 689 g/mol. The van der Waals surface area contributed by atoms with Crippen molar-refractivity contribution in [2.75, 3.05) is 7.05 Å². The van der Waals surface area contributed by atoms with Crippen molar-refractivity contribution in [2.24, 2.45) is 0 Å². The second-order valence-corrected chi connectivity index (χ2v) is 14.1. The lowest BCUT2D eigenvalue weighted by atomic mass is 9.95. The maximum absolute atomic E-state index is 14.9. The molecule has 6 rings (SSSR count). The average Bonchev–Trinajstić information content (AvgIpc) is 3.78. The maximum atomic E-state index is 14.9. The van der Waals surface area contributed by atoms with Gasteiger partial charge >= 0.3 is 0 Å². The summed E-state index contributed by atoms with van der Waals surface area (Å²) in [7, 11) is 1.93. The number of aromatic nitrogens is 2. The van der Waals surface area contributed by atoms with E-state index in [-0.39, 0.29) is 11.1 Å². The zero-order valence-corrected chi connectivity index (χ0v) is 31.3. The molecule has 5 nitrogen and oxygen atoms in total. The third-order valence-corrected chi connectivity index (χ3v) is 10.2. The zero-order chi connectivity index (χ0) is 36.5. The van der Waals surface area contributed by atoms with Gasteiger partial charge in [-0.15, -0.1) is 0 Å². The highest BCUT2D eigenvalue weighted by Gasteiger charge is 2.23. The average molecular weight is 690 g/mol. The minimum absolute atomic E-state index is 0.156. The predicted octanol–water partition coefficient (Wildman–Crippen LogP) is 9.36. The van der Waals surface area contributed by atoms with Crippen LogP contribution in [0, 0.1) is 30.6 Å². The van der Waals surface area contributed by atoms with Gasteiger partial charge in [-0.25, -0.2) is 0 Å². The Balaban J connectivity index is 1.57. The van der Waals surface area contributed by atoms with Gasteiger partial charge < -0.3 is 5.32 Å². The van der Waals surface area contributed by atoms with E-state index in [1.807, 2.05) is 67.7 Å². The number of hydrogen-bond donors (Lipinski definition) is 1. The number of nitrogens with one attached hydrogen (secondary N) is 1. The van der Waals surface area contributed by atoms with E-state index in [1.54, 1.807) is 8.80 Å². The summed E-state index contributed by atoms with van der Waals surface area (Å²) in [6, 6.07) is 24.2. The molecule has 266 valence electrons. The first kappa shape index (κ1) is 36.7. The van der Waals surface area contributed by atoms with E-state index in [1.165, 1.54) is 36.8 Å². The molecule has 2 aromatic carbocycles. The number of pyridine rings is 2. The number of aryl methyl sites for hydroxylation is 3. The Morgan fingerprint density at radius 1 is 0.538 bits per heavy atom. The van der Waals surface area contributed by atoms with Crippen molar-refractivity contribution in [3.8, 4) is 23.7 Å². The molecule has 0 atom stereocenters. The van der Waals surface area contributed by atoms with Gasteiger partial charge in [-0.05, 0) is 117 Å². The second kappa shape index (κ2) is 17.4. The molecule has 4 heterocycles. The number of benzene rings is 2. The van der Waals surface area contributed by atoms with E-state index in [4.69, 9.17) is 0 Å². The molecule has 4 aromatic heterocycles. The van der Waals surface area contributed by atoms with Crippen molar-refractivity contribution in [1.29, 1.82) is 0 Å². The molecule has 0 aliphatic heterocycles. The van der Waals surface area contributed by atoms with Crippen LogP contribution >= 0.6 is 0 Å². The highest BCUT2D eigenvalue weighted by Crippen LogP contribution is 2.29.